The number of rotatable bonds is 8. The molecular formula is C66H116. The molecule has 2 saturated carbocycles. The minimum absolute atomic E-state index is 0. The van der Waals surface area contributed by atoms with Gasteiger partial charge in [0.1, 0.15) is 0 Å². The van der Waals surface area contributed by atoms with Gasteiger partial charge >= 0.3 is 0 Å². The van der Waals surface area contributed by atoms with Crippen LogP contribution in [0.2, 0.25) is 0 Å². The summed E-state index contributed by atoms with van der Waals surface area (Å²) in [6, 6.07) is 42.5. The first kappa shape index (κ1) is 73.9. The topological polar surface area (TPSA) is 0 Å². The largest absolute Gasteiger partial charge is 0.0814 e. The van der Waals surface area contributed by atoms with Crippen LogP contribution in [-0.4, -0.2) is 0 Å². The van der Waals surface area contributed by atoms with Crippen LogP contribution >= 0.6 is 0 Å². The molecule has 2 fully saturated rings. The molecule has 0 heteroatoms. The van der Waals surface area contributed by atoms with Gasteiger partial charge in [-0.1, -0.05) is 314 Å². The minimum atomic E-state index is 0. The summed E-state index contributed by atoms with van der Waals surface area (Å²) in [5.74, 6) is 9.95. The summed E-state index contributed by atoms with van der Waals surface area (Å²) in [6.07, 6.45) is 11.5. The van der Waals surface area contributed by atoms with Gasteiger partial charge in [-0.15, -0.1) is 0 Å². The van der Waals surface area contributed by atoms with E-state index in [0.29, 0.717) is 11.8 Å². The number of allylic oxidation sites excluding steroid dienone is 2. The average molecular weight is 910 g/mol. The van der Waals surface area contributed by atoms with Gasteiger partial charge in [-0.3, -0.25) is 0 Å². The van der Waals surface area contributed by atoms with E-state index in [-0.39, 0.29) is 29.7 Å². The van der Waals surface area contributed by atoms with Crippen molar-refractivity contribution in [2.75, 3.05) is 0 Å². The van der Waals surface area contributed by atoms with E-state index in [1.807, 2.05) is 12.1 Å². The lowest BCUT2D eigenvalue weighted by Gasteiger charge is -2.02. The standard InChI is InChI=1S/2C12H16.2C11H14.4C4H10.4CH4/c2*1-9(2)11-8-12(11)10-6-4-3-5-7-10;2*1-10(2)8-9-11-6-4-3-5-7-11;4*1-4(2)3;;;;/h2*3-7,9,11-12H,8H2,1-2H3;2*3-10H,1-2H3;4*4H,1-3H3;4*1H4/b;;2*9-8+;;;;;;;;. The number of benzene rings is 4. The summed E-state index contributed by atoms with van der Waals surface area (Å²) in [7, 11) is 0. The number of hydrogen-bond acceptors (Lipinski definition) is 0. The van der Waals surface area contributed by atoms with Crippen molar-refractivity contribution in [3.63, 3.8) is 0 Å². The molecule has 4 unspecified atom stereocenters. The van der Waals surface area contributed by atoms with E-state index in [9.17, 15) is 0 Å². The van der Waals surface area contributed by atoms with Crippen molar-refractivity contribution in [2.24, 2.45) is 59.2 Å². The van der Waals surface area contributed by atoms with Gasteiger partial charge in [0, 0.05) is 0 Å². The molecule has 0 radical (unpaired) electrons. The highest BCUT2D eigenvalue weighted by Crippen LogP contribution is 2.52. The van der Waals surface area contributed by atoms with Crippen LogP contribution in [0, 0.1) is 59.2 Å². The highest BCUT2D eigenvalue weighted by molar-refractivity contribution is 5.49. The Morgan fingerprint density at radius 3 is 0.682 bits per heavy atom. The minimum Gasteiger partial charge on any atom is -0.0814 e. The molecule has 2 aliphatic rings. The van der Waals surface area contributed by atoms with E-state index in [4.69, 9.17) is 0 Å². The van der Waals surface area contributed by atoms with Crippen molar-refractivity contribution in [1.82, 2.24) is 0 Å². The molecule has 0 bridgehead atoms. The molecule has 0 spiro atoms. The highest BCUT2D eigenvalue weighted by Gasteiger charge is 2.40. The predicted molar refractivity (Wildman–Crippen MR) is 314 cm³/mol. The maximum atomic E-state index is 2.33. The summed E-state index contributed by atoms with van der Waals surface area (Å²) in [5.41, 5.74) is 5.63. The molecule has 0 saturated heterocycles. The van der Waals surface area contributed by atoms with Gasteiger partial charge in [0.25, 0.3) is 0 Å². The molecule has 4 aromatic rings. The number of hydrogen-bond donors (Lipinski definition) is 0. The van der Waals surface area contributed by atoms with E-state index >= 15 is 0 Å². The first-order valence-electron chi connectivity index (χ1n) is 24.6. The lowest BCUT2D eigenvalue weighted by atomic mass is 10.0. The van der Waals surface area contributed by atoms with Gasteiger partial charge < -0.3 is 0 Å². The Kier molecular flexibility index (Phi) is 50.6. The maximum absolute atomic E-state index is 2.33. The molecule has 66 heavy (non-hydrogen) atoms. The second-order valence-electron chi connectivity index (χ2n) is 21.3. The van der Waals surface area contributed by atoms with E-state index in [1.54, 1.807) is 0 Å². The molecule has 0 amide bonds. The third-order valence-corrected chi connectivity index (χ3v) is 8.79. The summed E-state index contributed by atoms with van der Waals surface area (Å²) < 4.78 is 0. The SMILES string of the molecule is C.C.C.C.CC(C)/C=C/c1ccccc1.CC(C)/C=C/c1ccccc1.CC(C)C.CC(C)C.CC(C)C.CC(C)C.CC(C)C1CC1c1ccccc1.CC(C)C1CC1c1ccccc1. The van der Waals surface area contributed by atoms with Crippen LogP contribution in [0.3, 0.4) is 0 Å². The molecule has 0 aliphatic heterocycles. The maximum Gasteiger partial charge on any atom is -0.0128 e. The van der Waals surface area contributed by atoms with Crippen LogP contribution in [0.15, 0.2) is 133 Å². The van der Waals surface area contributed by atoms with Crippen molar-refractivity contribution in [1.29, 1.82) is 0 Å². The van der Waals surface area contributed by atoms with E-state index in [1.165, 1.54) is 35.1 Å². The van der Waals surface area contributed by atoms with Gasteiger partial charge in [-0.2, -0.15) is 0 Å². The second-order valence-corrected chi connectivity index (χ2v) is 21.3. The fraction of sp³-hybridized carbons (Fsp3) is 0.576. The van der Waals surface area contributed by atoms with Gasteiger partial charge in [0.2, 0.25) is 0 Å². The van der Waals surface area contributed by atoms with E-state index < -0.39 is 0 Å². The molecule has 380 valence electrons. The smallest absolute Gasteiger partial charge is 0.0128 e. The fourth-order valence-electron chi connectivity index (χ4n) is 5.81. The van der Waals surface area contributed by atoms with E-state index in [0.717, 1.165) is 59.2 Å². The second kappa shape index (κ2) is 45.2. The van der Waals surface area contributed by atoms with Crippen LogP contribution < -0.4 is 0 Å². The molecule has 0 heterocycles. The average Bonchev–Trinajstić information content (AvgIpc) is 4.13. The monoisotopic (exact) mass is 909 g/mol. The van der Waals surface area contributed by atoms with Crippen molar-refractivity contribution in [3.8, 4) is 0 Å². The molecule has 0 N–H and O–H groups in total. The first-order valence-corrected chi connectivity index (χ1v) is 24.6. The van der Waals surface area contributed by atoms with Gasteiger partial charge in [-0.05, 0) is 106 Å². The zero-order valence-electron chi connectivity index (χ0n) is 44.2. The third-order valence-electron chi connectivity index (χ3n) is 8.79. The van der Waals surface area contributed by atoms with Gasteiger partial charge in [-0.25, -0.2) is 0 Å². The highest BCUT2D eigenvalue weighted by atomic mass is 14.4. The van der Waals surface area contributed by atoms with Gasteiger partial charge in [0.05, 0.1) is 0 Å². The molecule has 0 aromatic heterocycles. The van der Waals surface area contributed by atoms with Crippen LogP contribution in [0.25, 0.3) is 12.2 Å². The Hall–Kier alpha value is -3.64. The van der Waals surface area contributed by atoms with E-state index in [2.05, 4.69) is 272 Å². The van der Waals surface area contributed by atoms with Crippen LogP contribution in [-0.2, 0) is 0 Å². The lowest BCUT2D eigenvalue weighted by Crippen LogP contribution is -1.91. The molecule has 6 rings (SSSR count). The Labute approximate surface area is 418 Å². The molecule has 4 aromatic carbocycles. The quantitative estimate of drug-likeness (QED) is 0.165. The van der Waals surface area contributed by atoms with Crippen molar-refractivity contribution in [3.05, 3.63) is 156 Å². The van der Waals surface area contributed by atoms with Gasteiger partial charge in [0.15, 0.2) is 0 Å². The molecule has 0 nitrogen and oxygen atoms in total. The predicted octanol–water partition coefficient (Wildman–Crippen LogP) is 22.8. The Bertz CT molecular complexity index is 1420. The zero-order valence-corrected chi connectivity index (χ0v) is 44.2. The normalized spacial score (nSPS) is 15.9. The summed E-state index contributed by atoms with van der Waals surface area (Å²) >= 11 is 0. The first-order chi connectivity index (χ1) is 29.1. The summed E-state index contributed by atoms with van der Waals surface area (Å²) in [4.78, 5) is 0. The Balaban J connectivity index is -0.000000161. The van der Waals surface area contributed by atoms with Crippen molar-refractivity contribution in [2.45, 2.75) is 193 Å². The van der Waals surface area contributed by atoms with Crippen LogP contribution in [0.5, 0.6) is 0 Å². The lowest BCUT2D eigenvalue weighted by molar-refractivity contribution is 0.549. The van der Waals surface area contributed by atoms with Crippen molar-refractivity contribution >= 4 is 12.2 Å². The summed E-state index contributed by atoms with van der Waals surface area (Å²) in [5, 5.41) is 0. The van der Waals surface area contributed by atoms with Crippen LogP contribution in [0.4, 0.5) is 0 Å². The molecule has 2 aliphatic carbocycles. The zero-order chi connectivity index (χ0) is 47.6. The molecule has 4 atom stereocenters. The Morgan fingerprint density at radius 2 is 0.515 bits per heavy atom. The fourth-order valence-corrected chi connectivity index (χ4v) is 5.81. The Morgan fingerprint density at radius 1 is 0.318 bits per heavy atom. The molecular weight excluding hydrogens is 793 g/mol. The summed E-state index contributed by atoms with van der Waals surface area (Å²) in [6.45, 7) is 44.0. The van der Waals surface area contributed by atoms with Crippen LogP contribution in [0.1, 0.15) is 215 Å². The van der Waals surface area contributed by atoms with Crippen molar-refractivity contribution < 1.29 is 0 Å². The third kappa shape index (κ3) is 48.3.